The summed E-state index contributed by atoms with van der Waals surface area (Å²) in [5, 5.41) is 12.6. The largest absolute Gasteiger partial charge is 0.454 e. The van der Waals surface area contributed by atoms with Crippen LogP contribution >= 0.6 is 0 Å². The predicted molar refractivity (Wildman–Crippen MR) is 100 cm³/mol. The average Bonchev–Trinajstić information content (AvgIpc) is 3.22. The van der Waals surface area contributed by atoms with Gasteiger partial charge in [0.2, 0.25) is 6.79 Å². The molecule has 2 heterocycles. The Balaban J connectivity index is 1.58. The van der Waals surface area contributed by atoms with E-state index in [1.807, 2.05) is 6.07 Å². The van der Waals surface area contributed by atoms with Crippen LogP contribution in [0.1, 0.15) is 52.8 Å². The Morgan fingerprint density at radius 2 is 1.96 bits per heavy atom. The number of aromatic nitrogens is 1. The molecule has 1 aliphatic heterocycles. The molecule has 1 aromatic carbocycles. The van der Waals surface area contributed by atoms with E-state index >= 15 is 0 Å². The SMILES string of the molecule is Cc1[nH]c(C(=O)O[C@H](C)C(=O)NCc2ccc3c(c2)OCO3)c(C)c1[C@H](C)O. The van der Waals surface area contributed by atoms with Crippen LogP contribution in [-0.4, -0.2) is 34.9 Å². The molecule has 0 fully saturated rings. The first-order chi connectivity index (χ1) is 13.3. The molecule has 0 radical (unpaired) electrons. The molecular formula is C20H24N2O6. The van der Waals surface area contributed by atoms with Crippen LogP contribution in [0.25, 0.3) is 0 Å². The molecular weight excluding hydrogens is 364 g/mol. The molecule has 150 valence electrons. The number of aliphatic hydroxyl groups excluding tert-OH is 1. The van der Waals surface area contributed by atoms with Gasteiger partial charge >= 0.3 is 5.97 Å². The van der Waals surface area contributed by atoms with Crippen LogP contribution in [0.2, 0.25) is 0 Å². The van der Waals surface area contributed by atoms with Gasteiger partial charge < -0.3 is 29.6 Å². The zero-order chi connectivity index (χ0) is 20.4. The van der Waals surface area contributed by atoms with Gasteiger partial charge in [0, 0.05) is 17.8 Å². The maximum Gasteiger partial charge on any atom is 0.355 e. The Morgan fingerprint density at radius 1 is 1.25 bits per heavy atom. The van der Waals surface area contributed by atoms with Crippen molar-refractivity contribution in [3.8, 4) is 11.5 Å². The second-order valence-corrected chi connectivity index (χ2v) is 6.79. The number of nitrogens with one attached hydrogen (secondary N) is 2. The van der Waals surface area contributed by atoms with Gasteiger partial charge in [0.05, 0.1) is 6.10 Å². The highest BCUT2D eigenvalue weighted by Gasteiger charge is 2.24. The van der Waals surface area contributed by atoms with Crippen molar-refractivity contribution < 1.29 is 28.9 Å². The molecule has 3 N–H and O–H groups in total. The van der Waals surface area contributed by atoms with Crippen LogP contribution in [0.5, 0.6) is 11.5 Å². The summed E-state index contributed by atoms with van der Waals surface area (Å²) >= 11 is 0. The van der Waals surface area contributed by atoms with Gasteiger partial charge in [0.25, 0.3) is 5.91 Å². The lowest BCUT2D eigenvalue weighted by molar-refractivity contribution is -0.129. The number of hydrogen-bond acceptors (Lipinski definition) is 6. The molecule has 28 heavy (non-hydrogen) atoms. The Hall–Kier alpha value is -3.00. The van der Waals surface area contributed by atoms with Crippen molar-refractivity contribution in [2.75, 3.05) is 6.79 Å². The molecule has 1 aromatic heterocycles. The maximum absolute atomic E-state index is 12.4. The van der Waals surface area contributed by atoms with E-state index in [1.54, 1.807) is 32.9 Å². The first kappa shape index (κ1) is 19.8. The molecule has 3 rings (SSSR count). The summed E-state index contributed by atoms with van der Waals surface area (Å²) in [7, 11) is 0. The van der Waals surface area contributed by atoms with Crippen LogP contribution in [0.4, 0.5) is 0 Å². The number of carbonyl (C=O) groups is 2. The highest BCUT2D eigenvalue weighted by atomic mass is 16.7. The molecule has 0 spiro atoms. The highest BCUT2D eigenvalue weighted by molar-refractivity contribution is 5.92. The molecule has 0 unspecified atom stereocenters. The van der Waals surface area contributed by atoms with Gasteiger partial charge in [0.1, 0.15) is 5.69 Å². The fourth-order valence-electron chi connectivity index (χ4n) is 3.25. The topological polar surface area (TPSA) is 110 Å². The number of aliphatic hydroxyl groups is 1. The molecule has 8 nitrogen and oxygen atoms in total. The second-order valence-electron chi connectivity index (χ2n) is 6.79. The van der Waals surface area contributed by atoms with E-state index in [-0.39, 0.29) is 19.0 Å². The summed E-state index contributed by atoms with van der Waals surface area (Å²) in [6, 6.07) is 5.40. The number of carbonyl (C=O) groups excluding carboxylic acids is 2. The van der Waals surface area contributed by atoms with Crippen molar-refractivity contribution in [3.05, 3.63) is 46.3 Å². The molecule has 2 atom stereocenters. The molecule has 1 aliphatic rings. The van der Waals surface area contributed by atoms with E-state index in [0.29, 0.717) is 28.3 Å². The summed E-state index contributed by atoms with van der Waals surface area (Å²) in [6.07, 6.45) is -1.68. The van der Waals surface area contributed by atoms with Gasteiger partial charge in [-0.2, -0.15) is 0 Å². The minimum absolute atomic E-state index is 0.187. The standard InChI is InChI=1S/C20H24N2O6/c1-10-17(12(3)23)11(2)22-18(10)20(25)28-13(4)19(24)21-8-14-5-6-15-16(7-14)27-9-26-15/h5-7,12-13,22-23H,8-9H2,1-4H3,(H,21,24)/t12-,13+/m0/s1. The summed E-state index contributed by atoms with van der Waals surface area (Å²) in [4.78, 5) is 27.6. The summed E-state index contributed by atoms with van der Waals surface area (Å²) in [6.45, 7) is 7.09. The first-order valence-corrected chi connectivity index (χ1v) is 9.02. The van der Waals surface area contributed by atoms with Gasteiger partial charge in [-0.05, 0) is 51.0 Å². The van der Waals surface area contributed by atoms with Crippen molar-refractivity contribution >= 4 is 11.9 Å². The van der Waals surface area contributed by atoms with Crippen LogP contribution in [0, 0.1) is 13.8 Å². The van der Waals surface area contributed by atoms with E-state index in [2.05, 4.69) is 10.3 Å². The number of benzene rings is 1. The number of rotatable bonds is 6. The Kier molecular flexibility index (Phi) is 5.60. The number of H-pyrrole nitrogens is 1. The quantitative estimate of drug-likeness (QED) is 0.655. The summed E-state index contributed by atoms with van der Waals surface area (Å²) in [5.74, 6) is 0.254. The van der Waals surface area contributed by atoms with Crippen LogP contribution in [0.3, 0.4) is 0 Å². The number of amides is 1. The minimum Gasteiger partial charge on any atom is -0.454 e. The number of aryl methyl sites for hydroxylation is 1. The van der Waals surface area contributed by atoms with Crippen LogP contribution < -0.4 is 14.8 Å². The number of esters is 1. The lowest BCUT2D eigenvalue weighted by Gasteiger charge is -2.14. The van der Waals surface area contributed by atoms with Gasteiger partial charge in [-0.25, -0.2) is 4.79 Å². The molecule has 0 bridgehead atoms. The predicted octanol–water partition coefficient (Wildman–Crippen LogP) is 2.28. The second kappa shape index (κ2) is 7.93. The van der Waals surface area contributed by atoms with Crippen molar-refractivity contribution in [2.45, 2.75) is 46.4 Å². The fraction of sp³-hybridized carbons (Fsp3) is 0.400. The van der Waals surface area contributed by atoms with E-state index in [4.69, 9.17) is 14.2 Å². The number of aromatic amines is 1. The van der Waals surface area contributed by atoms with Gasteiger partial charge in [-0.1, -0.05) is 6.07 Å². The molecule has 1 amide bonds. The van der Waals surface area contributed by atoms with Crippen molar-refractivity contribution in [1.29, 1.82) is 0 Å². The third kappa shape index (κ3) is 3.96. The van der Waals surface area contributed by atoms with Gasteiger partial charge in [0.15, 0.2) is 17.6 Å². The monoisotopic (exact) mass is 388 g/mol. The third-order valence-corrected chi connectivity index (χ3v) is 4.67. The Labute approximate surface area is 162 Å². The van der Waals surface area contributed by atoms with E-state index in [1.165, 1.54) is 6.92 Å². The fourth-order valence-corrected chi connectivity index (χ4v) is 3.25. The molecule has 8 heteroatoms. The molecule has 0 aliphatic carbocycles. The third-order valence-electron chi connectivity index (χ3n) is 4.67. The van der Waals surface area contributed by atoms with Crippen molar-refractivity contribution in [1.82, 2.24) is 10.3 Å². The molecule has 0 saturated carbocycles. The first-order valence-electron chi connectivity index (χ1n) is 9.02. The Morgan fingerprint density at radius 3 is 2.64 bits per heavy atom. The minimum atomic E-state index is -0.973. The number of fused-ring (bicyclic) bond motifs is 1. The van der Waals surface area contributed by atoms with Crippen LogP contribution in [-0.2, 0) is 16.1 Å². The molecule has 0 saturated heterocycles. The smallest absolute Gasteiger partial charge is 0.355 e. The lowest BCUT2D eigenvalue weighted by Crippen LogP contribution is -2.35. The summed E-state index contributed by atoms with van der Waals surface area (Å²) in [5.41, 5.74) is 3.05. The highest BCUT2D eigenvalue weighted by Crippen LogP contribution is 2.32. The zero-order valence-electron chi connectivity index (χ0n) is 16.3. The number of hydrogen-bond donors (Lipinski definition) is 3. The van der Waals surface area contributed by atoms with E-state index < -0.39 is 24.1 Å². The van der Waals surface area contributed by atoms with Crippen molar-refractivity contribution in [2.24, 2.45) is 0 Å². The lowest BCUT2D eigenvalue weighted by atomic mass is 10.1. The number of ether oxygens (including phenoxy) is 3. The maximum atomic E-state index is 12.4. The zero-order valence-corrected chi connectivity index (χ0v) is 16.3. The molecule has 2 aromatic rings. The summed E-state index contributed by atoms with van der Waals surface area (Å²) < 4.78 is 15.8. The van der Waals surface area contributed by atoms with E-state index in [0.717, 1.165) is 5.56 Å². The average molecular weight is 388 g/mol. The Bertz CT molecular complexity index is 902. The van der Waals surface area contributed by atoms with Crippen molar-refractivity contribution in [3.63, 3.8) is 0 Å². The van der Waals surface area contributed by atoms with E-state index in [9.17, 15) is 14.7 Å². The van der Waals surface area contributed by atoms with Gasteiger partial charge in [-0.15, -0.1) is 0 Å². The van der Waals surface area contributed by atoms with Gasteiger partial charge in [-0.3, -0.25) is 4.79 Å². The van der Waals surface area contributed by atoms with Crippen LogP contribution in [0.15, 0.2) is 18.2 Å². The normalized spacial score (nSPS) is 14.5.